The van der Waals surface area contributed by atoms with Crippen LogP contribution in [0.4, 0.5) is 18.9 Å². The van der Waals surface area contributed by atoms with Crippen molar-refractivity contribution in [1.82, 2.24) is 19.3 Å². The Morgan fingerprint density at radius 1 is 1.03 bits per heavy atom. The smallest absolute Gasteiger partial charge is 0.325 e. The average molecular weight is 491 g/mol. The molecule has 1 N–H and O–H groups in total. The minimum absolute atomic E-state index is 0.263. The van der Waals surface area contributed by atoms with Crippen LogP contribution in [0.1, 0.15) is 24.1 Å². The fraction of sp³-hybridized carbons (Fsp3) is 0.154. The molecule has 2 aromatic carbocycles. The van der Waals surface area contributed by atoms with Crippen molar-refractivity contribution in [3.8, 4) is 5.69 Å². The summed E-state index contributed by atoms with van der Waals surface area (Å²) < 4.78 is 42.0. The molecule has 0 radical (unpaired) electrons. The van der Waals surface area contributed by atoms with Crippen LogP contribution in [0.5, 0.6) is 0 Å². The molecule has 5 rings (SSSR count). The molecule has 7 nitrogen and oxygen atoms in total. The summed E-state index contributed by atoms with van der Waals surface area (Å²) in [6.07, 6.45) is -1.31. The number of halogens is 3. The Bertz CT molecular complexity index is 1660. The maximum atomic E-state index is 13.4. The summed E-state index contributed by atoms with van der Waals surface area (Å²) in [5.74, 6) is -0.765. The van der Waals surface area contributed by atoms with Gasteiger partial charge < -0.3 is 5.32 Å². The lowest BCUT2D eigenvalue weighted by molar-refractivity contribution is -0.137. The summed E-state index contributed by atoms with van der Waals surface area (Å²) in [7, 11) is 1.67. The third-order valence-electron chi connectivity index (χ3n) is 6.00. The highest BCUT2D eigenvalue weighted by atomic mass is 19.4. The first-order valence-corrected chi connectivity index (χ1v) is 11.0. The molecular weight excluding hydrogens is 471 g/mol. The van der Waals surface area contributed by atoms with E-state index in [1.807, 2.05) is 0 Å². The van der Waals surface area contributed by atoms with Gasteiger partial charge in [-0.3, -0.25) is 23.8 Å². The summed E-state index contributed by atoms with van der Waals surface area (Å²) in [6.45, 7) is 1.75. The number of rotatable bonds is 4. The van der Waals surface area contributed by atoms with E-state index in [0.717, 1.165) is 12.1 Å². The SMILES string of the molecule is C[C@@H](C(=O)Nc1ccc2c(c1)c1nn(C)cc1c(=O)n2-c1ccc(C(F)(F)F)cc1)c1ccccn1. The fourth-order valence-corrected chi connectivity index (χ4v) is 4.14. The largest absolute Gasteiger partial charge is 0.416 e. The first kappa shape index (κ1) is 23.3. The maximum Gasteiger partial charge on any atom is 0.416 e. The number of nitrogens with zero attached hydrogens (tertiary/aromatic N) is 4. The van der Waals surface area contributed by atoms with E-state index in [1.54, 1.807) is 62.8 Å². The molecule has 0 unspecified atom stereocenters. The number of carbonyl (C=O) groups excluding carboxylic acids is 1. The zero-order valence-electron chi connectivity index (χ0n) is 19.2. The first-order valence-electron chi connectivity index (χ1n) is 11.0. The van der Waals surface area contributed by atoms with E-state index in [0.29, 0.717) is 33.2 Å². The van der Waals surface area contributed by atoms with Crippen LogP contribution in [-0.4, -0.2) is 25.2 Å². The van der Waals surface area contributed by atoms with Crippen molar-refractivity contribution in [3.05, 3.63) is 94.7 Å². The van der Waals surface area contributed by atoms with Gasteiger partial charge in [-0.15, -0.1) is 0 Å². The van der Waals surface area contributed by atoms with Crippen molar-refractivity contribution in [2.75, 3.05) is 5.32 Å². The number of amides is 1. The minimum atomic E-state index is -4.49. The molecule has 1 atom stereocenters. The Balaban J connectivity index is 1.62. The molecule has 5 aromatic rings. The number of aryl methyl sites for hydroxylation is 1. The predicted octanol–water partition coefficient (Wildman–Crippen LogP) is 5.03. The number of benzene rings is 2. The van der Waals surface area contributed by atoms with Gasteiger partial charge in [0.2, 0.25) is 5.91 Å². The quantitative estimate of drug-likeness (QED) is 0.382. The van der Waals surface area contributed by atoms with Crippen molar-refractivity contribution in [2.24, 2.45) is 7.05 Å². The van der Waals surface area contributed by atoms with Crippen molar-refractivity contribution in [1.29, 1.82) is 0 Å². The molecule has 0 saturated heterocycles. The molecule has 10 heteroatoms. The van der Waals surface area contributed by atoms with Crippen molar-refractivity contribution in [2.45, 2.75) is 19.0 Å². The van der Waals surface area contributed by atoms with Gasteiger partial charge in [0.05, 0.1) is 28.1 Å². The van der Waals surface area contributed by atoms with E-state index in [2.05, 4.69) is 15.4 Å². The second-order valence-electron chi connectivity index (χ2n) is 8.45. The Kier molecular flexibility index (Phi) is 5.58. The van der Waals surface area contributed by atoms with E-state index in [4.69, 9.17) is 0 Å². The van der Waals surface area contributed by atoms with Gasteiger partial charge in [0.15, 0.2) is 0 Å². The molecular formula is C26H20F3N5O2. The Labute approximate surface area is 202 Å². The number of fused-ring (bicyclic) bond motifs is 3. The Hall–Kier alpha value is -4.47. The first-order chi connectivity index (χ1) is 17.1. The number of pyridine rings is 2. The molecule has 0 bridgehead atoms. The van der Waals surface area contributed by atoms with Crippen molar-refractivity contribution < 1.29 is 18.0 Å². The fourth-order valence-electron chi connectivity index (χ4n) is 4.14. The number of aromatic nitrogens is 4. The lowest BCUT2D eigenvalue weighted by Gasteiger charge is -2.15. The molecule has 0 fully saturated rings. The van der Waals surface area contributed by atoms with E-state index in [-0.39, 0.29) is 11.6 Å². The van der Waals surface area contributed by atoms with Gasteiger partial charge in [0.25, 0.3) is 5.56 Å². The van der Waals surface area contributed by atoms with E-state index < -0.39 is 23.2 Å². The lowest BCUT2D eigenvalue weighted by Crippen LogP contribution is -2.20. The highest BCUT2D eigenvalue weighted by Crippen LogP contribution is 2.31. The number of carbonyl (C=O) groups is 1. The standard InChI is InChI=1S/C26H20F3N5O2/c1-15(21-5-3-4-12-30-21)24(35)31-17-8-11-22-19(13-17)23-20(14-33(2)32-23)25(36)34(22)18-9-6-16(7-10-18)26(27,28)29/h3-15H,1-2H3,(H,31,35)/t15-/m1/s1. The molecule has 0 aliphatic rings. The lowest BCUT2D eigenvalue weighted by atomic mass is 10.1. The summed E-state index contributed by atoms with van der Waals surface area (Å²) in [4.78, 5) is 30.4. The zero-order valence-corrected chi connectivity index (χ0v) is 19.2. The van der Waals surface area contributed by atoms with E-state index in [9.17, 15) is 22.8 Å². The number of nitrogens with one attached hydrogen (secondary N) is 1. The number of alkyl halides is 3. The molecule has 0 aliphatic heterocycles. The summed E-state index contributed by atoms with van der Waals surface area (Å²) in [5, 5.41) is 8.16. The van der Waals surface area contributed by atoms with E-state index in [1.165, 1.54) is 21.4 Å². The van der Waals surface area contributed by atoms with Gasteiger partial charge in [-0.25, -0.2) is 0 Å². The maximum absolute atomic E-state index is 13.4. The number of anilines is 1. The van der Waals surface area contributed by atoms with Crippen LogP contribution >= 0.6 is 0 Å². The molecule has 3 heterocycles. The van der Waals surface area contributed by atoms with Crippen LogP contribution in [0.25, 0.3) is 27.5 Å². The van der Waals surface area contributed by atoms with Crippen LogP contribution < -0.4 is 10.9 Å². The minimum Gasteiger partial charge on any atom is -0.325 e. The van der Waals surface area contributed by atoms with Crippen LogP contribution in [-0.2, 0) is 18.0 Å². The molecule has 0 spiro atoms. The van der Waals surface area contributed by atoms with Gasteiger partial charge in [0, 0.05) is 36.2 Å². The monoisotopic (exact) mass is 491 g/mol. The predicted molar refractivity (Wildman–Crippen MR) is 130 cm³/mol. The Morgan fingerprint density at radius 2 is 1.78 bits per heavy atom. The number of hydrogen-bond acceptors (Lipinski definition) is 4. The molecule has 36 heavy (non-hydrogen) atoms. The van der Waals surface area contributed by atoms with Gasteiger partial charge >= 0.3 is 6.18 Å². The molecule has 0 saturated carbocycles. The summed E-state index contributed by atoms with van der Waals surface area (Å²) in [5.41, 5.74) is 1.04. The second kappa shape index (κ2) is 8.63. The van der Waals surface area contributed by atoms with Gasteiger partial charge in [-0.1, -0.05) is 6.07 Å². The zero-order chi connectivity index (χ0) is 25.6. The third kappa shape index (κ3) is 4.10. The third-order valence-corrected chi connectivity index (χ3v) is 6.00. The van der Waals surface area contributed by atoms with Gasteiger partial charge in [-0.2, -0.15) is 18.3 Å². The van der Waals surface area contributed by atoms with Crippen LogP contribution in [0.2, 0.25) is 0 Å². The molecule has 3 aromatic heterocycles. The topological polar surface area (TPSA) is 81.8 Å². The van der Waals surface area contributed by atoms with Crippen molar-refractivity contribution >= 4 is 33.4 Å². The van der Waals surface area contributed by atoms with Gasteiger partial charge in [-0.05, 0) is 61.5 Å². The average Bonchev–Trinajstić information content (AvgIpc) is 3.26. The summed E-state index contributed by atoms with van der Waals surface area (Å²) >= 11 is 0. The molecule has 0 aliphatic carbocycles. The van der Waals surface area contributed by atoms with Crippen molar-refractivity contribution in [3.63, 3.8) is 0 Å². The normalized spacial score (nSPS) is 12.7. The van der Waals surface area contributed by atoms with Crippen LogP contribution in [0.15, 0.2) is 77.9 Å². The van der Waals surface area contributed by atoms with Crippen LogP contribution in [0, 0.1) is 0 Å². The summed E-state index contributed by atoms with van der Waals surface area (Å²) in [6, 6.07) is 14.7. The van der Waals surface area contributed by atoms with Gasteiger partial charge in [0.1, 0.15) is 5.52 Å². The highest BCUT2D eigenvalue weighted by Gasteiger charge is 2.30. The number of hydrogen-bond donors (Lipinski definition) is 1. The van der Waals surface area contributed by atoms with E-state index >= 15 is 0 Å². The van der Waals surface area contributed by atoms with Crippen LogP contribution in [0.3, 0.4) is 0 Å². The Morgan fingerprint density at radius 3 is 2.44 bits per heavy atom. The highest BCUT2D eigenvalue weighted by molar-refractivity contribution is 6.06. The second-order valence-corrected chi connectivity index (χ2v) is 8.45. The molecule has 1 amide bonds. The molecule has 182 valence electrons.